The van der Waals surface area contributed by atoms with E-state index in [2.05, 4.69) is 68.7 Å². The SMILES string of the molecule is CN(C)Cc1ccc(-c2cnc(NCc3cnco3)n3cnnc23)cc1. The first-order chi connectivity index (χ1) is 12.7. The molecule has 132 valence electrons. The molecule has 0 aliphatic rings. The van der Waals surface area contributed by atoms with Gasteiger partial charge in [-0.15, -0.1) is 10.2 Å². The van der Waals surface area contributed by atoms with Gasteiger partial charge in [0, 0.05) is 18.3 Å². The number of aromatic nitrogens is 5. The summed E-state index contributed by atoms with van der Waals surface area (Å²) < 4.78 is 7.07. The van der Waals surface area contributed by atoms with Crippen molar-refractivity contribution in [1.82, 2.24) is 29.5 Å². The molecule has 0 aliphatic heterocycles. The highest BCUT2D eigenvalue weighted by Gasteiger charge is 2.11. The lowest BCUT2D eigenvalue weighted by molar-refractivity contribution is 0.402. The van der Waals surface area contributed by atoms with Gasteiger partial charge in [0.05, 0.1) is 12.7 Å². The number of fused-ring (bicyclic) bond motifs is 1. The third-order valence-electron chi connectivity index (χ3n) is 4.00. The molecule has 0 bridgehead atoms. The van der Waals surface area contributed by atoms with Crippen LogP contribution in [-0.2, 0) is 13.1 Å². The fourth-order valence-corrected chi connectivity index (χ4v) is 2.80. The van der Waals surface area contributed by atoms with E-state index < -0.39 is 0 Å². The van der Waals surface area contributed by atoms with Gasteiger partial charge in [0.1, 0.15) is 12.1 Å². The van der Waals surface area contributed by atoms with Crippen LogP contribution in [0.4, 0.5) is 5.95 Å². The van der Waals surface area contributed by atoms with Gasteiger partial charge in [0.2, 0.25) is 5.95 Å². The molecule has 8 nitrogen and oxygen atoms in total. The molecule has 0 saturated carbocycles. The zero-order chi connectivity index (χ0) is 17.9. The molecule has 3 heterocycles. The maximum absolute atomic E-state index is 5.24. The predicted octanol–water partition coefficient (Wildman–Crippen LogP) is 2.45. The maximum Gasteiger partial charge on any atom is 0.210 e. The quantitative estimate of drug-likeness (QED) is 0.572. The molecular formula is C18H19N7O. The second-order valence-corrected chi connectivity index (χ2v) is 6.28. The van der Waals surface area contributed by atoms with Crippen molar-refractivity contribution in [2.24, 2.45) is 0 Å². The van der Waals surface area contributed by atoms with Crippen LogP contribution in [0.2, 0.25) is 0 Å². The van der Waals surface area contributed by atoms with Crippen molar-refractivity contribution in [3.05, 3.63) is 60.7 Å². The molecule has 0 amide bonds. The van der Waals surface area contributed by atoms with Gasteiger partial charge in [0.25, 0.3) is 0 Å². The number of rotatable bonds is 6. The smallest absolute Gasteiger partial charge is 0.210 e. The first-order valence-corrected chi connectivity index (χ1v) is 8.25. The highest BCUT2D eigenvalue weighted by atomic mass is 16.3. The number of nitrogens with one attached hydrogen (secondary N) is 1. The summed E-state index contributed by atoms with van der Waals surface area (Å²) in [6.07, 6.45) is 6.53. The van der Waals surface area contributed by atoms with Gasteiger partial charge < -0.3 is 14.6 Å². The Labute approximate surface area is 150 Å². The van der Waals surface area contributed by atoms with Crippen molar-refractivity contribution in [3.63, 3.8) is 0 Å². The van der Waals surface area contributed by atoms with E-state index in [1.807, 2.05) is 10.6 Å². The zero-order valence-electron chi connectivity index (χ0n) is 14.6. The fraction of sp³-hybridized carbons (Fsp3) is 0.222. The van der Waals surface area contributed by atoms with Gasteiger partial charge in [-0.2, -0.15) is 0 Å². The average Bonchev–Trinajstić information content (AvgIpc) is 3.32. The lowest BCUT2D eigenvalue weighted by atomic mass is 10.1. The Morgan fingerprint density at radius 2 is 2.00 bits per heavy atom. The third-order valence-corrected chi connectivity index (χ3v) is 4.00. The Balaban J connectivity index is 1.62. The van der Waals surface area contributed by atoms with E-state index in [9.17, 15) is 0 Å². The molecule has 4 rings (SSSR count). The summed E-state index contributed by atoms with van der Waals surface area (Å²) in [6, 6.07) is 8.43. The van der Waals surface area contributed by atoms with Gasteiger partial charge >= 0.3 is 0 Å². The molecule has 1 N–H and O–H groups in total. The Morgan fingerprint density at radius 3 is 2.73 bits per heavy atom. The van der Waals surface area contributed by atoms with Crippen molar-refractivity contribution < 1.29 is 4.42 Å². The molecule has 0 saturated heterocycles. The molecule has 0 radical (unpaired) electrons. The van der Waals surface area contributed by atoms with Crippen LogP contribution in [0.25, 0.3) is 16.8 Å². The van der Waals surface area contributed by atoms with E-state index >= 15 is 0 Å². The van der Waals surface area contributed by atoms with Crippen LogP contribution in [0, 0.1) is 0 Å². The van der Waals surface area contributed by atoms with E-state index in [0.29, 0.717) is 12.5 Å². The van der Waals surface area contributed by atoms with Crippen LogP contribution in [0.15, 0.2) is 53.8 Å². The van der Waals surface area contributed by atoms with Crippen molar-refractivity contribution >= 4 is 11.6 Å². The van der Waals surface area contributed by atoms with Crippen molar-refractivity contribution in [1.29, 1.82) is 0 Å². The topological polar surface area (TPSA) is 84.4 Å². The highest BCUT2D eigenvalue weighted by Crippen LogP contribution is 2.25. The van der Waals surface area contributed by atoms with Crippen molar-refractivity contribution in [3.8, 4) is 11.1 Å². The van der Waals surface area contributed by atoms with E-state index in [4.69, 9.17) is 4.42 Å². The Hall–Kier alpha value is -3.26. The third kappa shape index (κ3) is 3.27. The standard InChI is InChI=1S/C18H19N7O/c1-24(2)10-13-3-5-14(6-4-13)16-9-21-18(25-11-22-23-17(16)25)20-8-15-7-19-12-26-15/h3-7,9,11-12H,8,10H2,1-2H3,(H,20,21). The lowest BCUT2D eigenvalue weighted by Crippen LogP contribution is -2.10. The summed E-state index contributed by atoms with van der Waals surface area (Å²) in [7, 11) is 4.12. The number of oxazole rings is 1. The van der Waals surface area contributed by atoms with Gasteiger partial charge in [-0.1, -0.05) is 24.3 Å². The molecule has 0 unspecified atom stereocenters. The van der Waals surface area contributed by atoms with Gasteiger partial charge in [-0.05, 0) is 25.2 Å². The Morgan fingerprint density at radius 1 is 1.15 bits per heavy atom. The summed E-state index contributed by atoms with van der Waals surface area (Å²) in [5, 5.41) is 11.5. The van der Waals surface area contributed by atoms with Crippen LogP contribution in [0.3, 0.4) is 0 Å². The molecule has 1 aromatic carbocycles. The van der Waals surface area contributed by atoms with Crippen LogP contribution in [0.1, 0.15) is 11.3 Å². The van der Waals surface area contributed by atoms with Crippen LogP contribution < -0.4 is 5.32 Å². The summed E-state index contributed by atoms with van der Waals surface area (Å²) in [5.41, 5.74) is 4.00. The lowest BCUT2D eigenvalue weighted by Gasteiger charge is -2.11. The van der Waals surface area contributed by atoms with E-state index in [0.717, 1.165) is 29.1 Å². The molecule has 0 fully saturated rings. The second kappa shape index (κ2) is 6.93. The van der Waals surface area contributed by atoms with E-state index in [1.165, 1.54) is 12.0 Å². The van der Waals surface area contributed by atoms with Gasteiger partial charge in [-0.3, -0.25) is 4.40 Å². The van der Waals surface area contributed by atoms with Crippen molar-refractivity contribution in [2.75, 3.05) is 19.4 Å². The molecule has 3 aromatic heterocycles. The van der Waals surface area contributed by atoms with Crippen LogP contribution >= 0.6 is 0 Å². The molecule has 0 spiro atoms. The average molecular weight is 349 g/mol. The van der Waals surface area contributed by atoms with Crippen LogP contribution in [0.5, 0.6) is 0 Å². The number of nitrogens with zero attached hydrogens (tertiary/aromatic N) is 6. The summed E-state index contributed by atoms with van der Waals surface area (Å²) in [6.45, 7) is 1.39. The molecule has 8 heteroatoms. The Bertz CT molecular complexity index is 990. The number of anilines is 1. The Kier molecular flexibility index (Phi) is 4.32. The minimum atomic E-state index is 0.485. The maximum atomic E-state index is 5.24. The second-order valence-electron chi connectivity index (χ2n) is 6.28. The number of benzene rings is 1. The summed E-state index contributed by atoms with van der Waals surface area (Å²) >= 11 is 0. The number of hydrogen-bond acceptors (Lipinski definition) is 7. The van der Waals surface area contributed by atoms with E-state index in [-0.39, 0.29) is 0 Å². The van der Waals surface area contributed by atoms with Crippen LogP contribution in [-0.4, -0.2) is 43.6 Å². The summed E-state index contributed by atoms with van der Waals surface area (Å²) in [5.74, 6) is 1.38. The number of hydrogen-bond donors (Lipinski definition) is 1. The first kappa shape index (κ1) is 16.2. The molecular weight excluding hydrogens is 330 g/mol. The zero-order valence-corrected chi connectivity index (χ0v) is 14.6. The fourth-order valence-electron chi connectivity index (χ4n) is 2.80. The van der Waals surface area contributed by atoms with E-state index in [1.54, 1.807) is 12.5 Å². The molecule has 4 aromatic rings. The largest absolute Gasteiger partial charge is 0.447 e. The normalized spacial score (nSPS) is 11.3. The monoisotopic (exact) mass is 349 g/mol. The first-order valence-electron chi connectivity index (χ1n) is 8.25. The van der Waals surface area contributed by atoms with Gasteiger partial charge in [0.15, 0.2) is 12.0 Å². The minimum absolute atomic E-state index is 0.485. The molecule has 26 heavy (non-hydrogen) atoms. The van der Waals surface area contributed by atoms with Gasteiger partial charge in [-0.25, -0.2) is 9.97 Å². The molecule has 0 aliphatic carbocycles. The minimum Gasteiger partial charge on any atom is -0.447 e. The van der Waals surface area contributed by atoms with Crippen molar-refractivity contribution in [2.45, 2.75) is 13.1 Å². The highest BCUT2D eigenvalue weighted by molar-refractivity contribution is 5.77. The molecule has 0 atom stereocenters. The predicted molar refractivity (Wildman–Crippen MR) is 97.4 cm³/mol. The summed E-state index contributed by atoms with van der Waals surface area (Å²) in [4.78, 5) is 10.6.